The topological polar surface area (TPSA) is 78.9 Å². The second kappa shape index (κ2) is 5.46. The minimum Gasteiger partial charge on any atom is -0.479 e. The van der Waals surface area contributed by atoms with Crippen LogP contribution in [0.15, 0.2) is 24.3 Å². The van der Waals surface area contributed by atoms with Crippen LogP contribution in [0.5, 0.6) is 0 Å². The van der Waals surface area contributed by atoms with E-state index >= 15 is 0 Å². The van der Waals surface area contributed by atoms with Gasteiger partial charge in [0.1, 0.15) is 5.82 Å². The third-order valence-corrected chi connectivity index (χ3v) is 3.28. The highest BCUT2D eigenvalue weighted by Crippen LogP contribution is 2.21. The zero-order valence-corrected chi connectivity index (χ0v) is 10.9. The van der Waals surface area contributed by atoms with E-state index in [9.17, 15) is 19.1 Å². The number of nitrogens with zero attached hydrogens (tertiary/aromatic N) is 1. The van der Waals surface area contributed by atoms with Crippen molar-refractivity contribution in [2.75, 3.05) is 25.2 Å². The lowest BCUT2D eigenvalue weighted by atomic mass is 9.99. The van der Waals surface area contributed by atoms with Crippen LogP contribution in [-0.4, -0.2) is 42.9 Å². The van der Waals surface area contributed by atoms with Crippen molar-refractivity contribution in [2.45, 2.75) is 12.0 Å². The first-order valence-electron chi connectivity index (χ1n) is 6.07. The van der Waals surface area contributed by atoms with Crippen LogP contribution in [0.1, 0.15) is 6.42 Å². The van der Waals surface area contributed by atoms with Crippen LogP contribution in [0.25, 0.3) is 0 Å². The average molecular weight is 282 g/mol. The molecule has 1 fully saturated rings. The molecule has 0 aromatic heterocycles. The molecular weight excluding hydrogens is 267 g/mol. The van der Waals surface area contributed by atoms with E-state index in [1.54, 1.807) is 6.07 Å². The summed E-state index contributed by atoms with van der Waals surface area (Å²) in [4.78, 5) is 24.6. The number of carboxylic acid groups (broad SMARTS) is 1. The Balaban J connectivity index is 2.13. The van der Waals surface area contributed by atoms with Gasteiger partial charge in [0.25, 0.3) is 0 Å². The number of ether oxygens (including phenoxy) is 1. The van der Waals surface area contributed by atoms with Gasteiger partial charge in [-0.2, -0.15) is 0 Å². The number of carboxylic acids is 1. The van der Waals surface area contributed by atoms with Crippen molar-refractivity contribution in [3.05, 3.63) is 30.1 Å². The number of rotatable bonds is 3. The molecule has 1 atom stereocenters. The first-order valence-corrected chi connectivity index (χ1v) is 6.07. The van der Waals surface area contributed by atoms with Crippen molar-refractivity contribution < 1.29 is 23.8 Å². The first-order chi connectivity index (χ1) is 9.44. The highest BCUT2D eigenvalue weighted by molar-refractivity contribution is 5.95. The molecule has 1 aromatic carbocycles. The molecule has 0 spiro atoms. The van der Waals surface area contributed by atoms with Gasteiger partial charge in [-0.3, -0.25) is 4.90 Å². The first kappa shape index (κ1) is 14.3. The van der Waals surface area contributed by atoms with Crippen LogP contribution < -0.4 is 10.2 Å². The predicted molar refractivity (Wildman–Crippen MR) is 69.1 cm³/mol. The summed E-state index contributed by atoms with van der Waals surface area (Å²) in [7, 11) is 1.44. The van der Waals surface area contributed by atoms with Crippen LogP contribution in [-0.2, 0) is 9.53 Å². The summed E-state index contributed by atoms with van der Waals surface area (Å²) in [5, 5.41) is 11.7. The van der Waals surface area contributed by atoms with E-state index in [-0.39, 0.29) is 19.6 Å². The Morgan fingerprint density at radius 1 is 1.50 bits per heavy atom. The molecule has 1 unspecified atom stereocenters. The fourth-order valence-electron chi connectivity index (χ4n) is 1.98. The summed E-state index contributed by atoms with van der Waals surface area (Å²) in [6.07, 6.45) is 0.199. The number of hydrogen-bond donors (Lipinski definition) is 2. The van der Waals surface area contributed by atoms with Crippen LogP contribution in [0.4, 0.5) is 14.9 Å². The third-order valence-electron chi connectivity index (χ3n) is 3.28. The van der Waals surface area contributed by atoms with E-state index in [4.69, 9.17) is 4.74 Å². The molecule has 108 valence electrons. The van der Waals surface area contributed by atoms with Gasteiger partial charge in [-0.25, -0.2) is 14.0 Å². The Hall–Kier alpha value is -2.15. The van der Waals surface area contributed by atoms with Crippen LogP contribution >= 0.6 is 0 Å². The van der Waals surface area contributed by atoms with Gasteiger partial charge < -0.3 is 15.2 Å². The van der Waals surface area contributed by atoms with Gasteiger partial charge in [0.15, 0.2) is 5.54 Å². The predicted octanol–water partition coefficient (Wildman–Crippen LogP) is 1.22. The molecule has 1 aliphatic heterocycles. The zero-order valence-electron chi connectivity index (χ0n) is 10.9. The average Bonchev–Trinajstić information content (AvgIpc) is 2.87. The molecule has 0 aliphatic carbocycles. The van der Waals surface area contributed by atoms with Gasteiger partial charge in [0, 0.05) is 25.8 Å². The van der Waals surface area contributed by atoms with E-state index in [1.807, 2.05) is 0 Å². The van der Waals surface area contributed by atoms with Crippen LogP contribution in [0.3, 0.4) is 0 Å². The number of nitrogens with one attached hydrogen (secondary N) is 1. The van der Waals surface area contributed by atoms with Gasteiger partial charge in [0.2, 0.25) is 0 Å². The van der Waals surface area contributed by atoms with Crippen molar-refractivity contribution in [2.24, 2.45) is 0 Å². The monoisotopic (exact) mass is 282 g/mol. The van der Waals surface area contributed by atoms with Crippen LogP contribution in [0.2, 0.25) is 0 Å². The number of carbonyl (C=O) groups is 2. The van der Waals surface area contributed by atoms with Crippen molar-refractivity contribution in [3.8, 4) is 0 Å². The number of anilines is 1. The number of hydrogen-bond acceptors (Lipinski definition) is 3. The number of carbonyl (C=O) groups excluding carboxylic acids is 1. The molecule has 2 rings (SSSR count). The zero-order chi connectivity index (χ0) is 14.8. The Morgan fingerprint density at radius 2 is 2.25 bits per heavy atom. The second-order valence-electron chi connectivity index (χ2n) is 4.66. The largest absolute Gasteiger partial charge is 0.479 e. The molecule has 1 aromatic rings. The molecule has 7 heteroatoms. The standard InChI is InChI=1S/C13H15FN2O4/c1-16(10-4-2-3-9(14)7-10)12(19)15-13(11(17)18)5-6-20-8-13/h2-4,7H,5-6,8H2,1H3,(H,15,19)(H,17,18). The highest BCUT2D eigenvalue weighted by Gasteiger charge is 2.44. The maximum absolute atomic E-state index is 13.1. The minimum atomic E-state index is -1.42. The third kappa shape index (κ3) is 2.72. The van der Waals surface area contributed by atoms with Gasteiger partial charge in [-0.05, 0) is 18.2 Å². The van der Waals surface area contributed by atoms with Crippen molar-refractivity contribution in [1.29, 1.82) is 0 Å². The van der Waals surface area contributed by atoms with Gasteiger partial charge >= 0.3 is 12.0 Å². The molecule has 2 amide bonds. The van der Waals surface area contributed by atoms with E-state index in [0.717, 1.165) is 4.90 Å². The highest BCUT2D eigenvalue weighted by atomic mass is 19.1. The Kier molecular flexibility index (Phi) is 3.89. The lowest BCUT2D eigenvalue weighted by Gasteiger charge is -2.27. The van der Waals surface area contributed by atoms with Crippen molar-refractivity contribution >= 4 is 17.7 Å². The van der Waals surface area contributed by atoms with Crippen molar-refractivity contribution in [1.82, 2.24) is 5.32 Å². The SMILES string of the molecule is CN(C(=O)NC1(C(=O)O)CCOC1)c1cccc(F)c1. The molecule has 1 saturated heterocycles. The summed E-state index contributed by atoms with van der Waals surface area (Å²) in [6, 6.07) is 4.86. The molecule has 0 saturated carbocycles. The number of urea groups is 1. The van der Waals surface area contributed by atoms with Gasteiger partial charge in [0.05, 0.1) is 6.61 Å². The molecule has 0 bridgehead atoms. The summed E-state index contributed by atoms with van der Waals surface area (Å²) >= 11 is 0. The Morgan fingerprint density at radius 3 is 2.80 bits per heavy atom. The summed E-state index contributed by atoms with van der Waals surface area (Å²) < 4.78 is 18.2. The fourth-order valence-corrected chi connectivity index (χ4v) is 1.98. The molecule has 20 heavy (non-hydrogen) atoms. The molecule has 1 aliphatic rings. The smallest absolute Gasteiger partial charge is 0.332 e. The maximum Gasteiger partial charge on any atom is 0.332 e. The Labute approximate surface area is 115 Å². The van der Waals surface area contributed by atoms with E-state index in [0.29, 0.717) is 5.69 Å². The fraction of sp³-hybridized carbons (Fsp3) is 0.385. The van der Waals surface area contributed by atoms with Crippen molar-refractivity contribution in [3.63, 3.8) is 0 Å². The maximum atomic E-state index is 13.1. The molecule has 0 radical (unpaired) electrons. The quantitative estimate of drug-likeness (QED) is 0.873. The van der Waals surface area contributed by atoms with E-state index in [2.05, 4.69) is 5.32 Å². The minimum absolute atomic E-state index is 0.0783. The normalized spacial score (nSPS) is 21.5. The molecule has 1 heterocycles. The molecule has 6 nitrogen and oxygen atoms in total. The van der Waals surface area contributed by atoms with Crippen LogP contribution in [0, 0.1) is 5.82 Å². The number of aliphatic carboxylic acids is 1. The van der Waals surface area contributed by atoms with Gasteiger partial charge in [-0.15, -0.1) is 0 Å². The van der Waals surface area contributed by atoms with Gasteiger partial charge in [-0.1, -0.05) is 6.07 Å². The molecular formula is C13H15FN2O4. The number of amides is 2. The summed E-state index contributed by atoms with van der Waals surface area (Å²) in [5.74, 6) is -1.62. The number of benzene rings is 1. The van der Waals surface area contributed by atoms with E-state index < -0.39 is 23.4 Å². The number of halogens is 1. The second-order valence-corrected chi connectivity index (χ2v) is 4.66. The summed E-state index contributed by atoms with van der Waals surface area (Å²) in [6.45, 7) is 0.196. The van der Waals surface area contributed by atoms with E-state index in [1.165, 1.54) is 25.2 Å². The lowest BCUT2D eigenvalue weighted by Crippen LogP contribution is -2.58. The lowest BCUT2D eigenvalue weighted by molar-refractivity contribution is -0.144. The Bertz CT molecular complexity index is 529. The molecule has 2 N–H and O–H groups in total. The summed E-state index contributed by atoms with van der Waals surface area (Å²) in [5.41, 5.74) is -1.08.